The number of rotatable bonds is 0. The van der Waals surface area contributed by atoms with E-state index in [0.29, 0.717) is 20.7 Å². The second kappa shape index (κ2) is 2.69. The molecule has 1 rings (SSSR count). The highest BCUT2D eigenvalue weighted by molar-refractivity contribution is 14.2. The van der Waals surface area contributed by atoms with E-state index in [9.17, 15) is 0 Å². The summed E-state index contributed by atoms with van der Waals surface area (Å²) in [7, 11) is 0. The molecule has 6 heavy (non-hydrogen) atoms. The summed E-state index contributed by atoms with van der Waals surface area (Å²) in [5.41, 5.74) is 0. The van der Waals surface area contributed by atoms with Gasteiger partial charge in [0.05, 0.1) is 0 Å². The van der Waals surface area contributed by atoms with Crippen LogP contribution < -0.4 is 5.32 Å². The van der Waals surface area contributed by atoms with E-state index in [1.807, 2.05) is 0 Å². The molecular weight excluding hydrogens is 189 g/mol. The molecule has 1 heterocycles. The summed E-state index contributed by atoms with van der Waals surface area (Å²) in [4.78, 5) is 0. The third-order valence-corrected chi connectivity index (χ3v) is 2.98. The quantitative estimate of drug-likeness (QED) is 0.445. The van der Waals surface area contributed by atoms with Gasteiger partial charge in [0.25, 0.3) is 0 Å². The van der Waals surface area contributed by atoms with E-state index in [1.54, 1.807) is 0 Å². The topological polar surface area (TPSA) is 12.0 Å². The number of halogens is 1. The highest BCUT2D eigenvalue weighted by atomic mass is 127. The molecule has 0 spiro atoms. The van der Waals surface area contributed by atoms with Gasteiger partial charge in [-0.25, -0.2) is 0 Å². The highest BCUT2D eigenvalue weighted by Crippen LogP contribution is 1.98. The molecule has 1 aliphatic rings. The molecule has 0 fully saturated rings. The van der Waals surface area contributed by atoms with Crippen molar-refractivity contribution < 1.29 is 0 Å². The van der Waals surface area contributed by atoms with E-state index in [0.717, 1.165) is 0 Å². The van der Waals surface area contributed by atoms with E-state index in [4.69, 9.17) is 0 Å². The summed E-state index contributed by atoms with van der Waals surface area (Å²) in [6.45, 7) is 1.22. The molecule has 0 aromatic carbocycles. The van der Waals surface area contributed by atoms with Crippen LogP contribution in [0.25, 0.3) is 0 Å². The Morgan fingerprint density at radius 3 is 2.83 bits per heavy atom. The molecule has 0 aliphatic carbocycles. The molecule has 0 aromatic rings. The fraction of sp³-hybridized carbons (Fsp3) is 0.750. The minimum absolute atomic E-state index is 0.479. The average molecular weight is 197 g/mol. The Morgan fingerprint density at radius 1 is 1.67 bits per heavy atom. The fourth-order valence-corrected chi connectivity index (χ4v) is 2.17. The van der Waals surface area contributed by atoms with E-state index in [1.165, 1.54) is 17.4 Å². The van der Waals surface area contributed by atoms with Crippen LogP contribution >= 0.6 is 20.7 Å². The molecule has 2 heteroatoms. The summed E-state index contributed by atoms with van der Waals surface area (Å²) in [6.07, 6.45) is 1.41. The second-order valence-electron chi connectivity index (χ2n) is 1.26. The summed E-state index contributed by atoms with van der Waals surface area (Å²) in [5, 5.41) is 3.21. The Bertz CT molecular complexity index is 52.6. The molecule has 0 radical (unpaired) electrons. The molecule has 0 saturated carbocycles. The SMILES string of the molecule is C1=ICCCN1. The van der Waals surface area contributed by atoms with E-state index in [2.05, 4.69) is 9.45 Å². The van der Waals surface area contributed by atoms with Crippen LogP contribution in [0.4, 0.5) is 0 Å². The summed E-state index contributed by atoms with van der Waals surface area (Å²) in [6, 6.07) is 0. The Kier molecular flexibility index (Phi) is 2.11. The maximum absolute atomic E-state index is 3.21. The largest absolute Gasteiger partial charge is 0.290 e. The van der Waals surface area contributed by atoms with Crippen molar-refractivity contribution in [2.45, 2.75) is 6.42 Å². The zero-order valence-electron chi connectivity index (χ0n) is 3.58. The Labute approximate surface area is 47.9 Å². The first-order valence-electron chi connectivity index (χ1n) is 2.13. The van der Waals surface area contributed by atoms with Crippen LogP contribution in [0.3, 0.4) is 0 Å². The van der Waals surface area contributed by atoms with Crippen LogP contribution in [-0.2, 0) is 0 Å². The molecule has 36 valence electrons. The molecule has 0 amide bonds. The van der Waals surface area contributed by atoms with Crippen molar-refractivity contribution in [1.82, 2.24) is 5.32 Å². The zero-order chi connectivity index (χ0) is 4.24. The Balaban J connectivity index is 2.26. The van der Waals surface area contributed by atoms with Gasteiger partial charge in [-0.3, -0.25) is 5.32 Å². The van der Waals surface area contributed by atoms with Gasteiger partial charge >= 0.3 is 0 Å². The predicted octanol–water partition coefficient (Wildman–Crippen LogP) is 0.710. The van der Waals surface area contributed by atoms with Crippen molar-refractivity contribution in [3.05, 3.63) is 0 Å². The van der Waals surface area contributed by atoms with Gasteiger partial charge in [0, 0.05) is 10.7 Å². The van der Waals surface area contributed by atoms with Crippen LogP contribution in [0, 0.1) is 0 Å². The van der Waals surface area contributed by atoms with E-state index >= 15 is 0 Å². The van der Waals surface area contributed by atoms with Crippen LogP contribution in [0.2, 0.25) is 0 Å². The average Bonchev–Trinajstić information content (AvgIpc) is 1.72. The van der Waals surface area contributed by atoms with Gasteiger partial charge < -0.3 is 0 Å². The summed E-state index contributed by atoms with van der Waals surface area (Å²) < 4.78 is 3.74. The van der Waals surface area contributed by atoms with Gasteiger partial charge in [-0.05, 0) is 10.8 Å². The van der Waals surface area contributed by atoms with Crippen molar-refractivity contribution >= 4 is 24.9 Å². The maximum Gasteiger partial charge on any atom is 0.00715 e. The first-order valence-corrected chi connectivity index (χ1v) is 4.90. The minimum Gasteiger partial charge on any atom is -0.290 e. The molecule has 0 atom stereocenters. The lowest BCUT2D eigenvalue weighted by molar-refractivity contribution is 0.871. The lowest BCUT2D eigenvalue weighted by Crippen LogP contribution is -2.14. The zero-order valence-corrected chi connectivity index (χ0v) is 5.73. The third kappa shape index (κ3) is 1.34. The molecule has 0 aromatic heterocycles. The van der Waals surface area contributed by atoms with Gasteiger partial charge in [-0.1, -0.05) is 0 Å². The smallest absolute Gasteiger partial charge is 0.00715 e. The third-order valence-electron chi connectivity index (χ3n) is 0.718. The molecule has 1 aliphatic heterocycles. The van der Waals surface area contributed by atoms with Crippen molar-refractivity contribution in [2.24, 2.45) is 0 Å². The van der Waals surface area contributed by atoms with Gasteiger partial charge in [0.15, 0.2) is 0 Å². The molecule has 0 unspecified atom stereocenters. The van der Waals surface area contributed by atoms with Crippen molar-refractivity contribution in [3.63, 3.8) is 0 Å². The van der Waals surface area contributed by atoms with Crippen molar-refractivity contribution in [2.75, 3.05) is 11.0 Å². The van der Waals surface area contributed by atoms with Crippen molar-refractivity contribution in [1.29, 1.82) is 0 Å². The monoisotopic (exact) mass is 197 g/mol. The van der Waals surface area contributed by atoms with Gasteiger partial charge in [-0.15, -0.1) is 20.7 Å². The van der Waals surface area contributed by atoms with Crippen LogP contribution in [0.15, 0.2) is 0 Å². The molecule has 1 N–H and O–H groups in total. The van der Waals surface area contributed by atoms with Crippen molar-refractivity contribution in [3.8, 4) is 0 Å². The van der Waals surface area contributed by atoms with E-state index < -0.39 is 0 Å². The lowest BCUT2D eigenvalue weighted by atomic mass is 10.5. The fourth-order valence-electron chi connectivity index (χ4n) is 0.410. The minimum atomic E-state index is 0.479. The second-order valence-corrected chi connectivity index (χ2v) is 3.84. The van der Waals surface area contributed by atoms with E-state index in [-0.39, 0.29) is 0 Å². The lowest BCUT2D eigenvalue weighted by Gasteiger charge is -1.99. The molecule has 1 nitrogen and oxygen atoms in total. The number of alkyl halides is 1. The Hall–Kier alpha value is 0.560. The number of hydrogen-bond acceptors (Lipinski definition) is 1. The van der Waals surface area contributed by atoms with Crippen LogP contribution in [0.1, 0.15) is 6.42 Å². The highest BCUT2D eigenvalue weighted by Gasteiger charge is 1.86. The maximum atomic E-state index is 3.21. The molecular formula is C4H8IN. The van der Waals surface area contributed by atoms with Crippen LogP contribution in [0.5, 0.6) is 0 Å². The number of nitrogens with one attached hydrogen (secondary N) is 1. The summed E-state index contributed by atoms with van der Waals surface area (Å²) >= 11 is 0.479. The normalized spacial score (nSPS) is 22.7. The van der Waals surface area contributed by atoms with Gasteiger partial charge in [0.2, 0.25) is 0 Å². The van der Waals surface area contributed by atoms with Gasteiger partial charge in [-0.2, -0.15) is 0 Å². The first kappa shape index (κ1) is 4.71. The standard InChI is InChI=1S/C4H8IN/c1-2-5-4-6-3-1/h4,6H,1-3H2. The molecule has 0 saturated heterocycles. The Morgan fingerprint density at radius 2 is 2.67 bits per heavy atom. The number of hydrogen-bond donors (Lipinski definition) is 1. The first-order chi connectivity index (χ1) is 3.00. The molecule has 0 bridgehead atoms. The van der Waals surface area contributed by atoms with Crippen LogP contribution in [-0.4, -0.2) is 15.1 Å². The van der Waals surface area contributed by atoms with Gasteiger partial charge in [0.1, 0.15) is 0 Å². The predicted molar refractivity (Wildman–Crippen MR) is 37.6 cm³/mol. The summed E-state index contributed by atoms with van der Waals surface area (Å²) in [5.74, 6) is 0.